The van der Waals surface area contributed by atoms with Crippen molar-refractivity contribution in [2.24, 2.45) is 5.92 Å². The van der Waals surface area contributed by atoms with Gasteiger partial charge in [-0.15, -0.1) is 11.3 Å². The maximum Gasteiger partial charge on any atom is 0.238 e. The summed E-state index contributed by atoms with van der Waals surface area (Å²) in [6.45, 7) is 9.11. The second-order valence-electron chi connectivity index (χ2n) is 8.18. The van der Waals surface area contributed by atoms with Gasteiger partial charge in [-0.3, -0.25) is 14.5 Å². The number of carbonyl (C=O) groups excluding carboxylic acids is 2. The first kappa shape index (κ1) is 21.2. The summed E-state index contributed by atoms with van der Waals surface area (Å²) in [5.41, 5.74) is 5.97. The molecule has 1 aliphatic rings. The van der Waals surface area contributed by atoms with E-state index in [9.17, 15) is 9.59 Å². The first-order chi connectivity index (χ1) is 14.9. The van der Waals surface area contributed by atoms with Gasteiger partial charge in [-0.25, -0.2) is 4.98 Å². The first-order valence-electron chi connectivity index (χ1n) is 10.6. The van der Waals surface area contributed by atoms with Gasteiger partial charge >= 0.3 is 0 Å². The predicted molar refractivity (Wildman–Crippen MR) is 126 cm³/mol. The molecule has 1 unspecified atom stereocenters. The fraction of sp³-hybridized carbons (Fsp3) is 0.320. The number of anilines is 2. The smallest absolute Gasteiger partial charge is 0.238 e. The lowest BCUT2D eigenvalue weighted by Gasteiger charge is -2.25. The Kier molecular flexibility index (Phi) is 5.92. The lowest BCUT2D eigenvalue weighted by atomic mass is 10.0. The number of aryl methyl sites for hydroxylation is 3. The highest BCUT2D eigenvalue weighted by molar-refractivity contribution is 7.14. The fourth-order valence-electron chi connectivity index (χ4n) is 3.93. The van der Waals surface area contributed by atoms with Crippen molar-refractivity contribution in [1.82, 2.24) is 9.88 Å². The Balaban J connectivity index is 1.75. The van der Waals surface area contributed by atoms with E-state index in [2.05, 4.69) is 19.1 Å². The van der Waals surface area contributed by atoms with Crippen LogP contribution < -0.4 is 4.90 Å². The summed E-state index contributed by atoms with van der Waals surface area (Å²) >= 11 is 1.46. The van der Waals surface area contributed by atoms with Crippen LogP contribution in [0.1, 0.15) is 30.0 Å². The molecule has 1 atom stereocenters. The van der Waals surface area contributed by atoms with Gasteiger partial charge in [0.25, 0.3) is 0 Å². The molecule has 160 valence electrons. The van der Waals surface area contributed by atoms with E-state index < -0.39 is 0 Å². The molecule has 6 heteroatoms. The third-order valence-electron chi connectivity index (χ3n) is 5.80. The molecule has 0 saturated carbocycles. The van der Waals surface area contributed by atoms with Gasteiger partial charge in [-0.05, 0) is 44.9 Å². The minimum atomic E-state index is -0.362. The number of hydrogen-bond donors (Lipinski definition) is 0. The lowest BCUT2D eigenvalue weighted by Crippen LogP contribution is -2.34. The van der Waals surface area contributed by atoms with Gasteiger partial charge in [-0.1, -0.05) is 42.0 Å². The number of amides is 2. The number of carbonyl (C=O) groups is 2. The molecule has 0 spiro atoms. The molecule has 2 heterocycles. The molecule has 1 aromatic heterocycles. The number of benzene rings is 2. The molecule has 2 aromatic carbocycles. The molecule has 1 saturated heterocycles. The Hall–Kier alpha value is -2.99. The van der Waals surface area contributed by atoms with Crippen molar-refractivity contribution in [3.63, 3.8) is 0 Å². The Morgan fingerprint density at radius 3 is 2.52 bits per heavy atom. The van der Waals surface area contributed by atoms with Gasteiger partial charge in [0, 0.05) is 30.5 Å². The minimum absolute atomic E-state index is 0.0428. The van der Waals surface area contributed by atoms with E-state index in [0.29, 0.717) is 18.2 Å². The van der Waals surface area contributed by atoms with Gasteiger partial charge in [-0.2, -0.15) is 0 Å². The number of hydrogen-bond acceptors (Lipinski definition) is 4. The largest absolute Gasteiger partial charge is 0.342 e. The third kappa shape index (κ3) is 4.26. The van der Waals surface area contributed by atoms with Crippen LogP contribution in [0.4, 0.5) is 10.8 Å². The Morgan fingerprint density at radius 2 is 1.84 bits per heavy atom. The van der Waals surface area contributed by atoms with Crippen LogP contribution in [0.3, 0.4) is 0 Å². The molecule has 0 bridgehead atoms. The summed E-state index contributed by atoms with van der Waals surface area (Å²) < 4.78 is 0. The highest BCUT2D eigenvalue weighted by atomic mass is 32.1. The number of nitrogens with zero attached hydrogens (tertiary/aromatic N) is 3. The number of likely N-dealkylation sites (tertiary alicyclic amines) is 1. The van der Waals surface area contributed by atoms with E-state index in [1.165, 1.54) is 16.9 Å². The SMILES string of the molecule is CCN1CC(C(=O)N(c2nc(-c3ccc(C)cc3)cs2)c2cc(C)ccc2C)CC1=O. The molecular formula is C25H27N3O2S. The quantitative estimate of drug-likeness (QED) is 0.551. The molecule has 0 aliphatic carbocycles. The first-order valence-corrected chi connectivity index (χ1v) is 11.5. The van der Waals surface area contributed by atoms with Crippen molar-refractivity contribution in [1.29, 1.82) is 0 Å². The van der Waals surface area contributed by atoms with Crippen LogP contribution in [0.25, 0.3) is 11.3 Å². The van der Waals surface area contributed by atoms with E-state index in [-0.39, 0.29) is 24.2 Å². The summed E-state index contributed by atoms with van der Waals surface area (Å²) in [6.07, 6.45) is 0.254. The molecule has 5 nitrogen and oxygen atoms in total. The van der Waals surface area contributed by atoms with E-state index in [1.807, 2.05) is 56.5 Å². The molecule has 1 fully saturated rings. The Labute approximate surface area is 187 Å². The average Bonchev–Trinajstić information content (AvgIpc) is 3.38. The highest BCUT2D eigenvalue weighted by Gasteiger charge is 2.38. The van der Waals surface area contributed by atoms with E-state index in [0.717, 1.165) is 28.1 Å². The van der Waals surface area contributed by atoms with Crippen LogP contribution in [0, 0.1) is 26.7 Å². The second kappa shape index (κ2) is 8.63. The molecule has 0 N–H and O–H groups in total. The Morgan fingerprint density at radius 1 is 1.13 bits per heavy atom. The molecular weight excluding hydrogens is 406 g/mol. The van der Waals surface area contributed by atoms with Crippen molar-refractivity contribution in [3.8, 4) is 11.3 Å². The van der Waals surface area contributed by atoms with Crippen LogP contribution in [0.5, 0.6) is 0 Å². The summed E-state index contributed by atoms with van der Waals surface area (Å²) in [5.74, 6) is -0.386. The summed E-state index contributed by atoms with van der Waals surface area (Å²) in [7, 11) is 0. The zero-order valence-electron chi connectivity index (χ0n) is 18.4. The van der Waals surface area contributed by atoms with Gasteiger partial charge in [0.1, 0.15) is 0 Å². The zero-order chi connectivity index (χ0) is 22.1. The fourth-order valence-corrected chi connectivity index (χ4v) is 4.78. The molecule has 0 radical (unpaired) electrons. The minimum Gasteiger partial charge on any atom is -0.342 e. The van der Waals surface area contributed by atoms with Gasteiger partial charge in [0.05, 0.1) is 17.3 Å². The van der Waals surface area contributed by atoms with Crippen LogP contribution >= 0.6 is 11.3 Å². The number of rotatable bonds is 5. The van der Waals surface area contributed by atoms with Crippen molar-refractivity contribution < 1.29 is 9.59 Å². The summed E-state index contributed by atoms with van der Waals surface area (Å²) in [6, 6.07) is 14.3. The molecule has 3 aromatic rings. The van der Waals surface area contributed by atoms with E-state index in [1.54, 1.807) is 9.80 Å². The number of thiazole rings is 1. The molecule has 4 rings (SSSR count). The van der Waals surface area contributed by atoms with Crippen LogP contribution in [0.2, 0.25) is 0 Å². The van der Waals surface area contributed by atoms with Gasteiger partial charge in [0.15, 0.2) is 5.13 Å². The van der Waals surface area contributed by atoms with Crippen LogP contribution in [-0.4, -0.2) is 34.8 Å². The maximum atomic E-state index is 13.7. The van der Waals surface area contributed by atoms with Gasteiger partial charge in [0.2, 0.25) is 11.8 Å². The highest BCUT2D eigenvalue weighted by Crippen LogP contribution is 2.36. The van der Waals surface area contributed by atoms with Crippen LogP contribution in [-0.2, 0) is 9.59 Å². The van der Waals surface area contributed by atoms with Crippen LogP contribution in [0.15, 0.2) is 47.8 Å². The summed E-state index contributed by atoms with van der Waals surface area (Å²) in [4.78, 5) is 34.3. The van der Waals surface area contributed by atoms with E-state index in [4.69, 9.17) is 4.98 Å². The zero-order valence-corrected chi connectivity index (χ0v) is 19.2. The molecule has 31 heavy (non-hydrogen) atoms. The van der Waals surface area contributed by atoms with Crippen molar-refractivity contribution in [2.45, 2.75) is 34.1 Å². The lowest BCUT2D eigenvalue weighted by molar-refractivity contribution is -0.128. The molecule has 2 amide bonds. The van der Waals surface area contributed by atoms with Crippen molar-refractivity contribution >= 4 is 34.0 Å². The van der Waals surface area contributed by atoms with Crippen molar-refractivity contribution in [2.75, 3.05) is 18.0 Å². The topological polar surface area (TPSA) is 53.5 Å². The number of aromatic nitrogens is 1. The Bertz CT molecular complexity index is 1120. The maximum absolute atomic E-state index is 13.7. The average molecular weight is 434 g/mol. The van der Waals surface area contributed by atoms with Crippen molar-refractivity contribution in [3.05, 3.63) is 64.5 Å². The standard InChI is InChI=1S/C25H27N3O2S/c1-5-27-14-20(13-23(27)29)24(30)28(22-12-17(3)6-9-18(22)4)25-26-21(15-31-25)19-10-7-16(2)8-11-19/h6-12,15,20H,5,13-14H2,1-4H3. The monoisotopic (exact) mass is 433 g/mol. The van der Waals surface area contributed by atoms with Gasteiger partial charge < -0.3 is 4.90 Å². The predicted octanol–water partition coefficient (Wildman–Crippen LogP) is 5.27. The normalized spacial score (nSPS) is 16.1. The third-order valence-corrected chi connectivity index (χ3v) is 6.63. The van der Waals surface area contributed by atoms with E-state index >= 15 is 0 Å². The summed E-state index contributed by atoms with van der Waals surface area (Å²) in [5, 5.41) is 2.63. The molecule has 1 aliphatic heterocycles. The second-order valence-corrected chi connectivity index (χ2v) is 9.01.